The molecule has 1 fully saturated rings. The molecule has 1 atom stereocenters. The van der Waals surface area contributed by atoms with Gasteiger partial charge in [-0.2, -0.15) is 5.10 Å². The van der Waals surface area contributed by atoms with Gasteiger partial charge in [0.25, 0.3) is 5.91 Å². The van der Waals surface area contributed by atoms with Crippen molar-refractivity contribution >= 4 is 29.8 Å². The van der Waals surface area contributed by atoms with Gasteiger partial charge in [0.05, 0.1) is 12.0 Å². The molecule has 2 amide bonds. The average molecular weight is 431 g/mol. The fourth-order valence-electron chi connectivity index (χ4n) is 3.35. The van der Waals surface area contributed by atoms with Crippen LogP contribution in [-0.4, -0.2) is 40.2 Å². The molecular weight excluding hydrogens is 408 g/mol. The molecule has 0 radical (unpaired) electrons. The van der Waals surface area contributed by atoms with Crippen LogP contribution in [0.1, 0.15) is 32.4 Å². The number of aromatic nitrogens is 1. The van der Waals surface area contributed by atoms with Gasteiger partial charge in [-0.05, 0) is 35.7 Å². The minimum atomic E-state index is -0.289. The van der Waals surface area contributed by atoms with Crippen LogP contribution in [0.3, 0.4) is 0 Å². The number of pyridine rings is 1. The van der Waals surface area contributed by atoms with E-state index in [2.05, 4.69) is 27.6 Å². The molecule has 0 bridgehead atoms. The van der Waals surface area contributed by atoms with Crippen molar-refractivity contribution in [1.29, 1.82) is 0 Å². The van der Waals surface area contributed by atoms with Crippen LogP contribution in [-0.2, 0) is 11.2 Å². The second kappa shape index (κ2) is 10.0. The van der Waals surface area contributed by atoms with Crippen molar-refractivity contribution in [2.45, 2.75) is 11.8 Å². The molecule has 4 rings (SSSR count). The number of nitrogens with zero attached hydrogens (tertiary/aromatic N) is 3. The van der Waals surface area contributed by atoms with Gasteiger partial charge in [0, 0.05) is 30.1 Å². The van der Waals surface area contributed by atoms with E-state index in [4.69, 9.17) is 0 Å². The smallest absolute Gasteiger partial charge is 0.271 e. The molecule has 31 heavy (non-hydrogen) atoms. The lowest BCUT2D eigenvalue weighted by Crippen LogP contribution is -2.30. The third-order valence-electron chi connectivity index (χ3n) is 4.97. The van der Waals surface area contributed by atoms with Gasteiger partial charge in [-0.25, -0.2) is 5.43 Å². The number of hydrogen-bond donors (Lipinski definition) is 1. The van der Waals surface area contributed by atoms with Crippen LogP contribution in [0.5, 0.6) is 0 Å². The van der Waals surface area contributed by atoms with Crippen LogP contribution in [0.15, 0.2) is 84.2 Å². The summed E-state index contributed by atoms with van der Waals surface area (Å²) in [5.41, 5.74) is 6.06. The Morgan fingerprint density at radius 1 is 1.13 bits per heavy atom. The Labute approximate surface area is 185 Å². The fourth-order valence-corrected chi connectivity index (χ4v) is 4.57. The summed E-state index contributed by atoms with van der Waals surface area (Å²) in [6.07, 6.45) is 5.70. The predicted molar refractivity (Wildman–Crippen MR) is 123 cm³/mol. The number of carbonyl (C=O) groups excluding carboxylic acids is 2. The average Bonchev–Trinajstić information content (AvgIpc) is 3.19. The van der Waals surface area contributed by atoms with Gasteiger partial charge >= 0.3 is 0 Å². The summed E-state index contributed by atoms with van der Waals surface area (Å²) in [5.74, 6) is 0.338. The third kappa shape index (κ3) is 5.38. The highest BCUT2D eigenvalue weighted by Gasteiger charge is 2.32. The molecule has 2 aromatic carbocycles. The van der Waals surface area contributed by atoms with Crippen LogP contribution in [0, 0.1) is 0 Å². The van der Waals surface area contributed by atoms with Crippen LogP contribution in [0.4, 0.5) is 0 Å². The van der Waals surface area contributed by atoms with E-state index in [0.29, 0.717) is 17.9 Å². The van der Waals surface area contributed by atoms with Gasteiger partial charge in [-0.15, -0.1) is 11.8 Å². The monoisotopic (exact) mass is 430 g/mol. The van der Waals surface area contributed by atoms with Crippen molar-refractivity contribution in [2.75, 3.05) is 12.3 Å². The molecule has 3 aromatic rings. The zero-order valence-corrected chi connectivity index (χ0v) is 17.7. The summed E-state index contributed by atoms with van der Waals surface area (Å²) < 4.78 is 0. The molecule has 0 saturated carbocycles. The van der Waals surface area contributed by atoms with E-state index in [-0.39, 0.29) is 17.2 Å². The lowest BCUT2D eigenvalue weighted by atomic mass is 10.1. The molecule has 1 aromatic heterocycles. The van der Waals surface area contributed by atoms with Crippen LogP contribution >= 0.6 is 11.8 Å². The van der Waals surface area contributed by atoms with Crippen molar-refractivity contribution in [3.05, 3.63) is 101 Å². The highest BCUT2D eigenvalue weighted by Crippen LogP contribution is 2.38. The first kappa shape index (κ1) is 20.8. The van der Waals surface area contributed by atoms with Crippen molar-refractivity contribution in [2.24, 2.45) is 5.10 Å². The van der Waals surface area contributed by atoms with Crippen molar-refractivity contribution < 1.29 is 9.59 Å². The van der Waals surface area contributed by atoms with Gasteiger partial charge in [0.15, 0.2) is 0 Å². The summed E-state index contributed by atoms with van der Waals surface area (Å²) in [6, 6.07) is 21.2. The van der Waals surface area contributed by atoms with E-state index >= 15 is 0 Å². The molecule has 1 aliphatic rings. The quantitative estimate of drug-likeness (QED) is 0.459. The van der Waals surface area contributed by atoms with Crippen LogP contribution in [0.2, 0.25) is 0 Å². The first-order valence-corrected chi connectivity index (χ1v) is 11.0. The summed E-state index contributed by atoms with van der Waals surface area (Å²) in [4.78, 5) is 30.7. The molecule has 7 heteroatoms. The molecule has 0 aliphatic carbocycles. The van der Waals surface area contributed by atoms with Crippen molar-refractivity contribution in [3.8, 4) is 0 Å². The van der Waals surface area contributed by atoms with Crippen molar-refractivity contribution in [1.82, 2.24) is 15.3 Å². The summed E-state index contributed by atoms with van der Waals surface area (Å²) in [5, 5.41) is 3.94. The predicted octanol–water partition coefficient (Wildman–Crippen LogP) is 3.66. The Bertz CT molecular complexity index is 1060. The Hall–Kier alpha value is -3.45. The number of hydrogen-bond acceptors (Lipinski definition) is 5. The standard InChI is InChI=1S/C24H22N4O2S/c29-22-17-31-24(28(22)14-12-18-5-2-1-3-6-18)21-10-8-20(9-11-21)23(30)27-26-16-19-7-4-13-25-15-19/h1-11,13,15-16,24H,12,14,17H2,(H,27,30)/b26-16-/t24-/m1/s1. The lowest BCUT2D eigenvalue weighted by Gasteiger charge is -2.24. The number of hydrazone groups is 1. The first-order valence-electron chi connectivity index (χ1n) is 9.99. The van der Waals surface area contributed by atoms with E-state index in [9.17, 15) is 9.59 Å². The molecule has 1 aliphatic heterocycles. The molecule has 1 saturated heterocycles. The Balaban J connectivity index is 1.37. The topological polar surface area (TPSA) is 74.7 Å². The molecule has 6 nitrogen and oxygen atoms in total. The van der Waals surface area contributed by atoms with E-state index in [1.165, 1.54) is 5.56 Å². The number of nitrogens with one attached hydrogen (secondary N) is 1. The highest BCUT2D eigenvalue weighted by atomic mass is 32.2. The summed E-state index contributed by atoms with van der Waals surface area (Å²) in [6.45, 7) is 0.672. The van der Waals surface area contributed by atoms with Gasteiger partial charge in [-0.1, -0.05) is 48.5 Å². The Kier molecular flexibility index (Phi) is 6.74. The molecular formula is C24H22N4O2S. The van der Waals surface area contributed by atoms with Crippen LogP contribution < -0.4 is 5.43 Å². The molecule has 156 valence electrons. The maximum Gasteiger partial charge on any atom is 0.271 e. The van der Waals surface area contributed by atoms with E-state index in [1.54, 1.807) is 48.6 Å². The summed E-state index contributed by atoms with van der Waals surface area (Å²) >= 11 is 1.62. The molecule has 1 N–H and O–H groups in total. The Morgan fingerprint density at radius 3 is 2.68 bits per heavy atom. The number of benzene rings is 2. The zero-order chi connectivity index (χ0) is 21.5. The minimum Gasteiger partial charge on any atom is -0.326 e. The molecule has 0 spiro atoms. The summed E-state index contributed by atoms with van der Waals surface area (Å²) in [7, 11) is 0. The second-order valence-electron chi connectivity index (χ2n) is 7.09. The maximum atomic E-state index is 12.4. The van der Waals surface area contributed by atoms with E-state index in [1.807, 2.05) is 41.3 Å². The second-order valence-corrected chi connectivity index (χ2v) is 8.16. The van der Waals surface area contributed by atoms with Gasteiger partial charge in [0.2, 0.25) is 5.91 Å². The van der Waals surface area contributed by atoms with Gasteiger partial charge in [0.1, 0.15) is 5.37 Å². The molecule has 0 unspecified atom stereocenters. The highest BCUT2D eigenvalue weighted by molar-refractivity contribution is 8.00. The fraction of sp³-hybridized carbons (Fsp3) is 0.167. The number of amides is 2. The van der Waals surface area contributed by atoms with E-state index < -0.39 is 0 Å². The maximum absolute atomic E-state index is 12.4. The zero-order valence-electron chi connectivity index (χ0n) is 16.8. The number of thioether (sulfide) groups is 1. The van der Waals surface area contributed by atoms with E-state index in [0.717, 1.165) is 17.5 Å². The largest absolute Gasteiger partial charge is 0.326 e. The SMILES string of the molecule is O=C(N/N=C\c1cccnc1)c1ccc([C@H]2SCC(=O)N2CCc2ccccc2)cc1. The molecule has 2 heterocycles. The minimum absolute atomic E-state index is 0.0306. The van der Waals surface area contributed by atoms with Crippen molar-refractivity contribution in [3.63, 3.8) is 0 Å². The Morgan fingerprint density at radius 2 is 1.94 bits per heavy atom. The van der Waals surface area contributed by atoms with Gasteiger partial charge < -0.3 is 4.90 Å². The number of carbonyl (C=O) groups is 2. The van der Waals surface area contributed by atoms with Gasteiger partial charge in [-0.3, -0.25) is 14.6 Å². The number of rotatable bonds is 7. The van der Waals surface area contributed by atoms with Crippen LogP contribution in [0.25, 0.3) is 0 Å². The lowest BCUT2D eigenvalue weighted by molar-refractivity contribution is -0.128. The normalized spacial score (nSPS) is 16.1. The first-order chi connectivity index (χ1) is 15.2. The third-order valence-corrected chi connectivity index (χ3v) is 6.23.